The van der Waals surface area contributed by atoms with E-state index < -0.39 is 9.84 Å². The molecule has 0 amide bonds. The van der Waals surface area contributed by atoms with Crippen molar-refractivity contribution < 1.29 is 12.8 Å². The summed E-state index contributed by atoms with van der Waals surface area (Å²) in [6, 6.07) is 2.06. The zero-order valence-corrected chi connectivity index (χ0v) is 11.4. The molecule has 1 fully saturated rings. The van der Waals surface area contributed by atoms with Crippen LogP contribution in [0.15, 0.2) is 23.0 Å². The minimum absolute atomic E-state index is 0.125. The molecule has 2 rings (SSSR count). The van der Waals surface area contributed by atoms with Crippen LogP contribution in [0.5, 0.6) is 0 Å². The van der Waals surface area contributed by atoms with E-state index in [0.717, 1.165) is 25.2 Å². The van der Waals surface area contributed by atoms with E-state index in [9.17, 15) is 8.42 Å². The molecule has 0 aliphatic carbocycles. The van der Waals surface area contributed by atoms with Crippen molar-refractivity contribution in [2.75, 3.05) is 31.1 Å². The molecule has 1 aliphatic rings. The standard InChI is InChI=1S/C12H20N2O3S/c1-11-10-18(15,16)7-5-14(11)4-3-13-8-12-2-6-17-9-12/h2,6,9,11,13H,3-5,7-8,10H2,1H3. The van der Waals surface area contributed by atoms with Gasteiger partial charge in [-0.05, 0) is 13.0 Å². The van der Waals surface area contributed by atoms with Crippen molar-refractivity contribution in [1.82, 2.24) is 10.2 Å². The smallest absolute Gasteiger partial charge is 0.153 e. The molecule has 1 N–H and O–H groups in total. The highest BCUT2D eigenvalue weighted by Gasteiger charge is 2.27. The fourth-order valence-corrected chi connectivity index (χ4v) is 3.84. The Labute approximate surface area is 108 Å². The summed E-state index contributed by atoms with van der Waals surface area (Å²) in [6.07, 6.45) is 3.39. The van der Waals surface area contributed by atoms with Crippen molar-refractivity contribution in [1.29, 1.82) is 0 Å². The zero-order chi connectivity index (χ0) is 13.0. The fourth-order valence-electron chi connectivity index (χ4n) is 2.21. The van der Waals surface area contributed by atoms with Gasteiger partial charge in [0.25, 0.3) is 0 Å². The molecule has 2 heterocycles. The van der Waals surface area contributed by atoms with Crippen molar-refractivity contribution in [3.05, 3.63) is 24.2 Å². The van der Waals surface area contributed by atoms with Crippen molar-refractivity contribution in [2.24, 2.45) is 0 Å². The summed E-state index contributed by atoms with van der Waals surface area (Å²) in [5.41, 5.74) is 1.13. The van der Waals surface area contributed by atoms with Gasteiger partial charge in [0.15, 0.2) is 9.84 Å². The summed E-state index contributed by atoms with van der Waals surface area (Å²) < 4.78 is 27.9. The molecule has 0 bridgehead atoms. The monoisotopic (exact) mass is 272 g/mol. The first-order valence-corrected chi connectivity index (χ1v) is 8.05. The number of nitrogens with zero attached hydrogens (tertiary/aromatic N) is 1. The summed E-state index contributed by atoms with van der Waals surface area (Å²) in [7, 11) is -2.81. The topological polar surface area (TPSA) is 62.6 Å². The molecule has 1 atom stereocenters. The number of rotatable bonds is 5. The average molecular weight is 272 g/mol. The Kier molecular flexibility index (Phi) is 4.42. The Morgan fingerprint density at radius 1 is 1.56 bits per heavy atom. The largest absolute Gasteiger partial charge is 0.472 e. The molecular weight excluding hydrogens is 252 g/mol. The fraction of sp³-hybridized carbons (Fsp3) is 0.667. The van der Waals surface area contributed by atoms with Crippen LogP contribution in [0.4, 0.5) is 0 Å². The van der Waals surface area contributed by atoms with Crippen LogP contribution in [0.25, 0.3) is 0 Å². The maximum absolute atomic E-state index is 11.4. The summed E-state index contributed by atoms with van der Waals surface area (Å²) in [4.78, 5) is 2.23. The minimum Gasteiger partial charge on any atom is -0.472 e. The van der Waals surface area contributed by atoms with Crippen LogP contribution >= 0.6 is 0 Å². The van der Waals surface area contributed by atoms with Crippen LogP contribution in [-0.2, 0) is 16.4 Å². The van der Waals surface area contributed by atoms with E-state index >= 15 is 0 Å². The van der Waals surface area contributed by atoms with Crippen LogP contribution in [0, 0.1) is 0 Å². The molecule has 5 nitrogen and oxygen atoms in total. The summed E-state index contributed by atoms with van der Waals surface area (Å²) in [6.45, 7) is 5.16. The maximum atomic E-state index is 11.4. The van der Waals surface area contributed by atoms with E-state index in [4.69, 9.17) is 4.42 Å². The number of hydrogen-bond acceptors (Lipinski definition) is 5. The van der Waals surface area contributed by atoms with Crippen molar-refractivity contribution in [2.45, 2.75) is 19.5 Å². The predicted octanol–water partition coefficient (Wildman–Crippen LogP) is 0.488. The van der Waals surface area contributed by atoms with Crippen molar-refractivity contribution >= 4 is 9.84 Å². The Bertz CT molecular complexity index is 456. The molecule has 1 aliphatic heterocycles. The highest BCUT2D eigenvalue weighted by atomic mass is 32.2. The molecule has 18 heavy (non-hydrogen) atoms. The van der Waals surface area contributed by atoms with E-state index in [2.05, 4.69) is 10.2 Å². The molecule has 6 heteroatoms. The zero-order valence-electron chi connectivity index (χ0n) is 10.6. The summed E-state index contributed by atoms with van der Waals surface area (Å²) >= 11 is 0. The van der Waals surface area contributed by atoms with E-state index in [0.29, 0.717) is 12.3 Å². The molecule has 0 aromatic carbocycles. The molecule has 102 valence electrons. The van der Waals surface area contributed by atoms with Crippen LogP contribution < -0.4 is 5.32 Å². The van der Waals surface area contributed by atoms with E-state index in [1.165, 1.54) is 0 Å². The molecule has 1 saturated heterocycles. The number of hydrogen-bond donors (Lipinski definition) is 1. The van der Waals surface area contributed by atoms with Gasteiger partial charge in [0.1, 0.15) is 0 Å². The van der Waals surface area contributed by atoms with Crippen LogP contribution in [-0.4, -0.2) is 50.5 Å². The Balaban J connectivity index is 1.68. The summed E-state index contributed by atoms with van der Waals surface area (Å²) in [5, 5.41) is 3.33. The Morgan fingerprint density at radius 2 is 2.39 bits per heavy atom. The van der Waals surface area contributed by atoms with Crippen LogP contribution in [0.1, 0.15) is 12.5 Å². The van der Waals surface area contributed by atoms with Gasteiger partial charge in [0.2, 0.25) is 0 Å². The van der Waals surface area contributed by atoms with E-state index in [1.807, 2.05) is 13.0 Å². The molecule has 0 spiro atoms. The van der Waals surface area contributed by atoms with Gasteiger partial charge < -0.3 is 9.73 Å². The highest BCUT2D eigenvalue weighted by molar-refractivity contribution is 7.91. The van der Waals surface area contributed by atoms with Crippen LogP contribution in [0.2, 0.25) is 0 Å². The SMILES string of the molecule is CC1CS(=O)(=O)CCN1CCNCc1ccoc1. The van der Waals surface area contributed by atoms with Gasteiger partial charge >= 0.3 is 0 Å². The second-order valence-corrected chi connectivity index (χ2v) is 7.04. The van der Waals surface area contributed by atoms with E-state index in [1.54, 1.807) is 12.5 Å². The van der Waals surface area contributed by atoms with Crippen molar-refractivity contribution in [3.8, 4) is 0 Å². The van der Waals surface area contributed by atoms with Crippen molar-refractivity contribution in [3.63, 3.8) is 0 Å². The predicted molar refractivity (Wildman–Crippen MR) is 70.1 cm³/mol. The van der Waals surface area contributed by atoms with Gasteiger partial charge in [-0.2, -0.15) is 0 Å². The molecule has 0 saturated carbocycles. The highest BCUT2D eigenvalue weighted by Crippen LogP contribution is 2.10. The van der Waals surface area contributed by atoms with E-state index in [-0.39, 0.29) is 11.8 Å². The van der Waals surface area contributed by atoms with Gasteiger partial charge in [-0.3, -0.25) is 4.90 Å². The number of sulfone groups is 1. The lowest BCUT2D eigenvalue weighted by molar-refractivity contribution is 0.227. The lowest BCUT2D eigenvalue weighted by atomic mass is 10.3. The summed E-state index contributed by atoms with van der Waals surface area (Å²) in [5.74, 6) is 0.577. The average Bonchev–Trinajstić information content (AvgIpc) is 2.78. The second-order valence-electron chi connectivity index (χ2n) is 4.81. The third kappa shape index (κ3) is 3.83. The third-order valence-corrected chi connectivity index (χ3v) is 5.09. The third-order valence-electron chi connectivity index (χ3n) is 3.29. The molecular formula is C12H20N2O3S. The number of furan rings is 1. The lowest BCUT2D eigenvalue weighted by Crippen LogP contribution is -2.48. The first-order chi connectivity index (χ1) is 8.57. The van der Waals surface area contributed by atoms with Gasteiger partial charge in [0.05, 0.1) is 24.0 Å². The van der Waals surface area contributed by atoms with Gasteiger partial charge in [-0.1, -0.05) is 0 Å². The number of nitrogens with one attached hydrogen (secondary N) is 1. The lowest BCUT2D eigenvalue weighted by Gasteiger charge is -2.33. The first kappa shape index (κ1) is 13.6. The molecule has 0 radical (unpaired) electrons. The van der Waals surface area contributed by atoms with Crippen LogP contribution in [0.3, 0.4) is 0 Å². The molecule has 1 aromatic rings. The van der Waals surface area contributed by atoms with Gasteiger partial charge in [0, 0.05) is 37.8 Å². The maximum Gasteiger partial charge on any atom is 0.153 e. The minimum atomic E-state index is -2.81. The van der Waals surface area contributed by atoms with Gasteiger partial charge in [-0.15, -0.1) is 0 Å². The normalized spacial score (nSPS) is 24.2. The Hall–Kier alpha value is -0.850. The van der Waals surface area contributed by atoms with Gasteiger partial charge in [-0.25, -0.2) is 8.42 Å². The Morgan fingerprint density at radius 3 is 3.06 bits per heavy atom. The first-order valence-electron chi connectivity index (χ1n) is 6.23. The molecule has 1 unspecified atom stereocenters. The quantitative estimate of drug-likeness (QED) is 0.790. The molecule has 1 aromatic heterocycles. The second kappa shape index (κ2) is 5.86.